The van der Waals surface area contributed by atoms with Gasteiger partial charge in [-0.05, 0) is 33.8 Å². The van der Waals surface area contributed by atoms with Crippen molar-refractivity contribution in [3.63, 3.8) is 0 Å². The fourth-order valence-electron chi connectivity index (χ4n) is 1.73. The van der Waals surface area contributed by atoms with Crippen LogP contribution in [0.1, 0.15) is 38.1 Å². The Morgan fingerprint density at radius 1 is 1.27 bits per heavy atom. The van der Waals surface area contributed by atoms with E-state index in [0.29, 0.717) is 0 Å². The van der Waals surface area contributed by atoms with Crippen molar-refractivity contribution < 1.29 is 19.2 Å². The molecule has 1 aromatic carbocycles. The number of carbonyl (C=O) groups is 2. The predicted molar refractivity (Wildman–Crippen MR) is 80.9 cm³/mol. The molecule has 0 aromatic heterocycles. The maximum Gasteiger partial charge on any atom is 0.410 e. The van der Waals surface area contributed by atoms with Gasteiger partial charge in [-0.1, -0.05) is 12.1 Å². The molecule has 22 heavy (non-hydrogen) atoms. The molecule has 7 nitrogen and oxygen atoms in total. The molecule has 1 unspecified atom stereocenters. The van der Waals surface area contributed by atoms with Crippen LogP contribution in [0.4, 0.5) is 10.5 Å². The fourth-order valence-corrected chi connectivity index (χ4v) is 1.73. The molecule has 0 bridgehead atoms. The van der Waals surface area contributed by atoms with E-state index < -0.39 is 28.4 Å². The number of Topliss-reactive ketones (excluding diaryl/α,β-unsaturated/α-hetero) is 1. The third kappa shape index (κ3) is 4.28. The Bertz CT molecular complexity index is 592. The van der Waals surface area contributed by atoms with Gasteiger partial charge in [0.05, 0.1) is 16.5 Å². The first-order valence-corrected chi connectivity index (χ1v) is 6.78. The molecule has 1 rings (SSSR count). The zero-order valence-corrected chi connectivity index (χ0v) is 13.3. The first-order chi connectivity index (χ1) is 10.0. The van der Waals surface area contributed by atoms with Crippen LogP contribution in [0.15, 0.2) is 24.3 Å². The highest BCUT2D eigenvalue weighted by Crippen LogP contribution is 2.21. The summed E-state index contributed by atoms with van der Waals surface area (Å²) in [6.45, 7) is 6.65. The molecular formula is C15H20N2O5. The number of amides is 1. The fraction of sp³-hybridized carbons (Fsp3) is 0.467. The second-order valence-electron chi connectivity index (χ2n) is 5.91. The van der Waals surface area contributed by atoms with Crippen molar-refractivity contribution in [2.75, 3.05) is 7.05 Å². The molecule has 0 spiro atoms. The van der Waals surface area contributed by atoms with Crippen molar-refractivity contribution in [2.24, 2.45) is 0 Å². The summed E-state index contributed by atoms with van der Waals surface area (Å²) in [5.74, 6) is -0.513. The molecule has 0 N–H and O–H groups in total. The smallest absolute Gasteiger partial charge is 0.410 e. The maximum absolute atomic E-state index is 12.4. The maximum atomic E-state index is 12.4. The number of ether oxygens (including phenoxy) is 1. The van der Waals surface area contributed by atoms with Gasteiger partial charge >= 0.3 is 6.09 Å². The summed E-state index contributed by atoms with van der Waals surface area (Å²) in [6, 6.07) is 4.78. The number of hydrogen-bond acceptors (Lipinski definition) is 5. The van der Waals surface area contributed by atoms with Crippen LogP contribution >= 0.6 is 0 Å². The molecular weight excluding hydrogens is 288 g/mol. The summed E-state index contributed by atoms with van der Waals surface area (Å²) in [5, 5.41) is 11.0. The van der Waals surface area contributed by atoms with Gasteiger partial charge in [-0.2, -0.15) is 0 Å². The molecule has 1 atom stereocenters. The van der Waals surface area contributed by atoms with Gasteiger partial charge < -0.3 is 9.64 Å². The molecule has 0 saturated heterocycles. The van der Waals surface area contributed by atoms with E-state index in [-0.39, 0.29) is 11.3 Å². The molecule has 0 saturated carbocycles. The van der Waals surface area contributed by atoms with E-state index in [1.54, 1.807) is 26.8 Å². The second kappa shape index (κ2) is 6.55. The summed E-state index contributed by atoms with van der Waals surface area (Å²) in [4.78, 5) is 35.9. The van der Waals surface area contributed by atoms with Gasteiger partial charge in [0.1, 0.15) is 5.60 Å². The molecule has 0 radical (unpaired) electrons. The van der Waals surface area contributed by atoms with Gasteiger partial charge in [-0.15, -0.1) is 0 Å². The highest BCUT2D eigenvalue weighted by Gasteiger charge is 2.30. The Hall–Kier alpha value is -2.44. The molecule has 7 heteroatoms. The summed E-state index contributed by atoms with van der Waals surface area (Å²) in [7, 11) is 1.42. The van der Waals surface area contributed by atoms with E-state index in [1.807, 2.05) is 0 Å². The first-order valence-electron chi connectivity index (χ1n) is 6.78. The lowest BCUT2D eigenvalue weighted by Crippen LogP contribution is -2.43. The van der Waals surface area contributed by atoms with Gasteiger partial charge in [-0.25, -0.2) is 4.79 Å². The van der Waals surface area contributed by atoms with E-state index >= 15 is 0 Å². The minimum absolute atomic E-state index is 0.0320. The van der Waals surface area contributed by atoms with Crippen LogP contribution in [0.3, 0.4) is 0 Å². The Morgan fingerprint density at radius 2 is 1.82 bits per heavy atom. The number of likely N-dealkylation sites (N-methyl/N-ethyl adjacent to an activating group) is 1. The highest BCUT2D eigenvalue weighted by molar-refractivity contribution is 6.04. The molecule has 0 fully saturated rings. The molecule has 120 valence electrons. The van der Waals surface area contributed by atoms with Gasteiger partial charge in [0.25, 0.3) is 5.69 Å². The molecule has 0 aliphatic carbocycles. The number of nitrogens with zero attached hydrogens (tertiary/aromatic N) is 2. The third-order valence-corrected chi connectivity index (χ3v) is 3.01. The van der Waals surface area contributed by atoms with E-state index in [1.165, 1.54) is 32.2 Å². The Kier molecular flexibility index (Phi) is 5.24. The van der Waals surface area contributed by atoms with Gasteiger partial charge in [0, 0.05) is 13.1 Å². The van der Waals surface area contributed by atoms with Crippen LogP contribution in [0.5, 0.6) is 0 Å². The lowest BCUT2D eigenvalue weighted by molar-refractivity contribution is -0.385. The lowest BCUT2D eigenvalue weighted by atomic mass is 10.0. The van der Waals surface area contributed by atoms with Crippen molar-refractivity contribution >= 4 is 17.6 Å². The minimum Gasteiger partial charge on any atom is -0.444 e. The van der Waals surface area contributed by atoms with Crippen LogP contribution in [0.2, 0.25) is 0 Å². The molecule has 1 aromatic rings. The quantitative estimate of drug-likeness (QED) is 0.484. The van der Waals surface area contributed by atoms with Gasteiger partial charge in [-0.3, -0.25) is 14.9 Å². The summed E-state index contributed by atoms with van der Waals surface area (Å²) < 4.78 is 5.19. The number of para-hydroxylation sites is 1. The molecule has 0 aliphatic rings. The number of carbonyl (C=O) groups excluding carboxylic acids is 2. The lowest BCUT2D eigenvalue weighted by Gasteiger charge is -2.28. The number of nitro groups is 1. The average molecular weight is 308 g/mol. The van der Waals surface area contributed by atoms with Crippen LogP contribution in [0.25, 0.3) is 0 Å². The van der Waals surface area contributed by atoms with Crippen molar-refractivity contribution in [3.8, 4) is 0 Å². The average Bonchev–Trinajstić information content (AvgIpc) is 2.43. The highest BCUT2D eigenvalue weighted by atomic mass is 16.6. The van der Waals surface area contributed by atoms with Crippen LogP contribution < -0.4 is 0 Å². The molecule has 0 heterocycles. The zero-order chi connectivity index (χ0) is 17.1. The van der Waals surface area contributed by atoms with Crippen LogP contribution in [0, 0.1) is 10.1 Å². The molecule has 1 amide bonds. The molecule has 0 aliphatic heterocycles. The summed E-state index contributed by atoms with van der Waals surface area (Å²) >= 11 is 0. The second-order valence-corrected chi connectivity index (χ2v) is 5.91. The SMILES string of the molecule is CC(C(=O)c1ccccc1[N+](=O)[O-])N(C)C(=O)OC(C)(C)C. The number of ketones is 1. The topological polar surface area (TPSA) is 89.8 Å². The third-order valence-electron chi connectivity index (χ3n) is 3.01. The van der Waals surface area contributed by atoms with Gasteiger partial charge in [0.15, 0.2) is 5.78 Å². The van der Waals surface area contributed by atoms with Crippen molar-refractivity contribution in [3.05, 3.63) is 39.9 Å². The Labute approximate surface area is 129 Å². The monoisotopic (exact) mass is 308 g/mol. The first kappa shape index (κ1) is 17.6. The number of nitro benzene ring substituents is 1. The number of rotatable bonds is 4. The van der Waals surface area contributed by atoms with E-state index in [2.05, 4.69) is 0 Å². The minimum atomic E-state index is -0.879. The zero-order valence-electron chi connectivity index (χ0n) is 13.3. The van der Waals surface area contributed by atoms with E-state index in [4.69, 9.17) is 4.74 Å². The van der Waals surface area contributed by atoms with E-state index in [0.717, 1.165) is 4.90 Å². The summed E-state index contributed by atoms with van der Waals surface area (Å²) in [6.07, 6.45) is -0.660. The number of benzene rings is 1. The Morgan fingerprint density at radius 3 is 2.32 bits per heavy atom. The standard InChI is InChI=1S/C15H20N2O5/c1-10(16(5)14(19)22-15(2,3)4)13(18)11-8-6-7-9-12(11)17(20)21/h6-10H,1-5H3. The predicted octanol–water partition coefficient (Wildman–Crippen LogP) is 3.03. The normalized spacial score (nSPS) is 12.4. The number of hydrogen-bond donors (Lipinski definition) is 0. The van der Waals surface area contributed by atoms with Crippen LogP contribution in [-0.2, 0) is 4.74 Å². The van der Waals surface area contributed by atoms with Crippen LogP contribution in [-0.4, -0.2) is 40.4 Å². The van der Waals surface area contributed by atoms with E-state index in [9.17, 15) is 19.7 Å². The largest absolute Gasteiger partial charge is 0.444 e. The van der Waals surface area contributed by atoms with Crippen molar-refractivity contribution in [1.82, 2.24) is 4.90 Å². The van der Waals surface area contributed by atoms with Crippen molar-refractivity contribution in [1.29, 1.82) is 0 Å². The summed E-state index contributed by atoms with van der Waals surface area (Å²) in [5.41, 5.74) is -1.00. The Balaban J connectivity index is 2.98. The van der Waals surface area contributed by atoms with Crippen molar-refractivity contribution in [2.45, 2.75) is 39.3 Å². The van der Waals surface area contributed by atoms with Gasteiger partial charge in [0.2, 0.25) is 0 Å².